The van der Waals surface area contributed by atoms with Crippen molar-refractivity contribution in [3.63, 3.8) is 0 Å². The first kappa shape index (κ1) is 30.6. The number of thiophene rings is 2. The van der Waals surface area contributed by atoms with E-state index in [4.69, 9.17) is 9.47 Å². The van der Waals surface area contributed by atoms with Crippen LogP contribution in [-0.2, 0) is 18.3 Å². The molecule has 3 atom stereocenters. The van der Waals surface area contributed by atoms with Gasteiger partial charge in [0, 0.05) is 48.0 Å². The normalized spacial score (nSPS) is 23.5. The van der Waals surface area contributed by atoms with Gasteiger partial charge in [-0.25, -0.2) is 0 Å². The average molecular weight is 723 g/mol. The predicted octanol–water partition coefficient (Wildman–Crippen LogP) is 13.3. The first-order valence-electron chi connectivity index (χ1n) is 19.4. The van der Waals surface area contributed by atoms with Crippen LogP contribution in [0.4, 0.5) is 0 Å². The number of fused-ring (bicyclic) bond motifs is 13. The molecule has 4 heterocycles. The third-order valence-corrected chi connectivity index (χ3v) is 15.2. The molecular weight excluding hydrogens is 685 g/mol. The van der Waals surface area contributed by atoms with E-state index in [1.54, 1.807) is 5.56 Å². The summed E-state index contributed by atoms with van der Waals surface area (Å²) in [6, 6.07) is 23.2. The van der Waals surface area contributed by atoms with Crippen LogP contribution in [0.3, 0.4) is 0 Å². The van der Waals surface area contributed by atoms with E-state index >= 15 is 0 Å². The number of rotatable bonds is 2. The zero-order valence-corrected chi connectivity index (χ0v) is 31.1. The fraction of sp³-hybridized carbons (Fsp3) is 0.224. The molecule has 2 nitrogen and oxygen atoms in total. The van der Waals surface area contributed by atoms with E-state index in [0.29, 0.717) is 11.8 Å². The monoisotopic (exact) mass is 722 g/mol. The smallest absolute Gasteiger partial charge is 0.132 e. The van der Waals surface area contributed by atoms with Gasteiger partial charge < -0.3 is 9.47 Å². The fourth-order valence-corrected chi connectivity index (χ4v) is 13.1. The van der Waals surface area contributed by atoms with Crippen molar-refractivity contribution in [2.24, 2.45) is 0 Å². The van der Waals surface area contributed by atoms with Crippen LogP contribution in [0, 0.1) is 0 Å². The van der Waals surface area contributed by atoms with Crippen molar-refractivity contribution in [1.82, 2.24) is 0 Å². The highest BCUT2D eigenvalue weighted by molar-refractivity contribution is 7.14. The second kappa shape index (κ2) is 11.5. The molecule has 12 rings (SSSR count). The molecule has 0 fully saturated rings. The number of hydrogen-bond donors (Lipinski definition) is 0. The Bertz CT molecular complexity index is 2600. The van der Waals surface area contributed by atoms with Gasteiger partial charge in [0.05, 0.1) is 5.41 Å². The summed E-state index contributed by atoms with van der Waals surface area (Å²) in [6.07, 6.45) is 31.9. The summed E-state index contributed by atoms with van der Waals surface area (Å²) in [6.45, 7) is 0. The summed E-state index contributed by atoms with van der Waals surface area (Å²) in [5.74, 6) is 4.51. The lowest BCUT2D eigenvalue weighted by atomic mass is 9.60. The van der Waals surface area contributed by atoms with Gasteiger partial charge in [0.2, 0.25) is 0 Å². The average Bonchev–Trinajstić information content (AvgIpc) is 3.79. The molecule has 4 heteroatoms. The minimum atomic E-state index is -0.513. The van der Waals surface area contributed by atoms with Crippen LogP contribution in [0.25, 0.3) is 24.3 Å². The van der Waals surface area contributed by atoms with Gasteiger partial charge in [0.25, 0.3) is 0 Å². The Hall–Kier alpha value is -4.90. The highest BCUT2D eigenvalue weighted by Crippen LogP contribution is 2.62. The Morgan fingerprint density at radius 3 is 2.06 bits per heavy atom. The molecule has 0 radical (unpaired) electrons. The molecule has 0 bridgehead atoms. The zero-order valence-electron chi connectivity index (χ0n) is 29.5. The molecule has 0 amide bonds. The molecule has 5 aromatic rings. The second-order valence-corrected chi connectivity index (χ2v) is 17.7. The van der Waals surface area contributed by atoms with Crippen LogP contribution in [-0.4, -0.2) is 0 Å². The van der Waals surface area contributed by atoms with Crippen molar-refractivity contribution in [3.05, 3.63) is 178 Å². The molecule has 53 heavy (non-hydrogen) atoms. The maximum Gasteiger partial charge on any atom is 0.132 e. The van der Waals surface area contributed by atoms with Crippen molar-refractivity contribution in [2.75, 3.05) is 0 Å². The largest absolute Gasteiger partial charge is 0.457 e. The van der Waals surface area contributed by atoms with E-state index in [1.807, 2.05) is 22.7 Å². The lowest BCUT2D eigenvalue weighted by Gasteiger charge is -2.47. The van der Waals surface area contributed by atoms with E-state index in [1.165, 1.54) is 69.6 Å². The van der Waals surface area contributed by atoms with Crippen molar-refractivity contribution in [1.29, 1.82) is 0 Å². The molecule has 0 saturated carbocycles. The first-order valence-corrected chi connectivity index (χ1v) is 21.0. The fourth-order valence-electron chi connectivity index (χ4n) is 10.5. The van der Waals surface area contributed by atoms with Gasteiger partial charge in [-0.05, 0) is 133 Å². The minimum absolute atomic E-state index is 0.310. The van der Waals surface area contributed by atoms with E-state index in [0.717, 1.165) is 74.4 Å². The second-order valence-electron chi connectivity index (χ2n) is 15.4. The van der Waals surface area contributed by atoms with E-state index in [-0.39, 0.29) is 0 Å². The summed E-state index contributed by atoms with van der Waals surface area (Å²) in [5, 5.41) is 0. The summed E-state index contributed by atoms with van der Waals surface area (Å²) in [7, 11) is 0. The van der Waals surface area contributed by atoms with E-state index in [2.05, 4.69) is 121 Å². The van der Waals surface area contributed by atoms with Gasteiger partial charge in [0.15, 0.2) is 0 Å². The zero-order chi connectivity index (χ0) is 34.7. The molecule has 258 valence electrons. The maximum absolute atomic E-state index is 7.02. The van der Waals surface area contributed by atoms with Gasteiger partial charge >= 0.3 is 0 Å². The Kier molecular flexibility index (Phi) is 6.66. The van der Waals surface area contributed by atoms with Crippen molar-refractivity contribution in [2.45, 2.75) is 68.6 Å². The van der Waals surface area contributed by atoms with Gasteiger partial charge in [-0.1, -0.05) is 78.9 Å². The van der Waals surface area contributed by atoms with Crippen LogP contribution < -0.4 is 9.47 Å². The standard InChI is InChI=1S/C49H38O2S2/c1-7-19-43-33(11-1)47-31(13-9-21-45(47)52-43)29-23-25-37-41(27-29)50-39-17-5-3-15-35(39)49(37)36-16-4-6-18-40(36)51-42-28-30(24-26-38(42)49)32-14-10-22-46-48(32)34-12-2-8-20-44(34)53-46/h1,3,5-6,8-11,15,17-18,20-28,31-32H,2,4,7,12-14,16,19H2. The molecule has 7 aliphatic rings. The third kappa shape index (κ3) is 4.31. The molecule has 1 spiro atoms. The highest BCUT2D eigenvalue weighted by Gasteiger charge is 2.52. The topological polar surface area (TPSA) is 18.5 Å². The Balaban J connectivity index is 1.04. The summed E-state index contributed by atoms with van der Waals surface area (Å²) in [4.78, 5) is 5.83. The van der Waals surface area contributed by atoms with Crippen molar-refractivity contribution >= 4 is 47.0 Å². The van der Waals surface area contributed by atoms with E-state index in [9.17, 15) is 0 Å². The number of hydrogen-bond acceptors (Lipinski definition) is 4. The molecule has 2 aliphatic heterocycles. The quantitative estimate of drug-likeness (QED) is 0.181. The van der Waals surface area contributed by atoms with Crippen LogP contribution in [0.15, 0.2) is 108 Å². The van der Waals surface area contributed by atoms with Crippen LogP contribution >= 0.6 is 22.7 Å². The van der Waals surface area contributed by atoms with E-state index < -0.39 is 5.41 Å². The maximum atomic E-state index is 7.02. The minimum Gasteiger partial charge on any atom is -0.457 e. The molecule has 2 aromatic heterocycles. The summed E-state index contributed by atoms with van der Waals surface area (Å²) < 4.78 is 14.0. The van der Waals surface area contributed by atoms with Crippen molar-refractivity contribution in [3.8, 4) is 17.2 Å². The number of aryl methyl sites for hydroxylation is 1. The molecule has 3 unspecified atom stereocenters. The Morgan fingerprint density at radius 1 is 0.547 bits per heavy atom. The lowest BCUT2D eigenvalue weighted by molar-refractivity contribution is 0.366. The van der Waals surface area contributed by atoms with Gasteiger partial charge in [0.1, 0.15) is 23.0 Å². The molecule has 5 aliphatic carbocycles. The Morgan fingerprint density at radius 2 is 1.21 bits per heavy atom. The number of para-hydroxylation sites is 1. The predicted molar refractivity (Wildman–Crippen MR) is 220 cm³/mol. The molecular formula is C49H38O2S2. The number of allylic oxidation sites excluding steroid dienone is 7. The van der Waals surface area contributed by atoms with Gasteiger partial charge in [-0.15, -0.1) is 22.7 Å². The van der Waals surface area contributed by atoms with Crippen LogP contribution in [0.1, 0.15) is 120 Å². The molecule has 3 aromatic carbocycles. The Labute approximate surface area is 318 Å². The first-order chi connectivity index (χ1) is 26.3. The van der Waals surface area contributed by atoms with Crippen molar-refractivity contribution < 1.29 is 9.47 Å². The highest BCUT2D eigenvalue weighted by atomic mass is 32.1. The molecule has 0 saturated heterocycles. The van der Waals surface area contributed by atoms with Crippen LogP contribution in [0.5, 0.6) is 17.2 Å². The number of ether oxygens (including phenoxy) is 2. The van der Waals surface area contributed by atoms with Gasteiger partial charge in [-0.2, -0.15) is 0 Å². The number of benzene rings is 3. The van der Waals surface area contributed by atoms with Gasteiger partial charge in [-0.3, -0.25) is 0 Å². The molecule has 0 N–H and O–H groups in total. The SMILES string of the molecule is C1=CC2=C(CC1)C1(c3ccc(C4CC=Cc5sc6c(c54)CCC=C6)cc3O2)c2ccccc2Oc2cc(C3CC=Cc4sc5c(c43)C=CCC5)ccc21. The summed E-state index contributed by atoms with van der Waals surface area (Å²) >= 11 is 3.95. The third-order valence-electron chi connectivity index (χ3n) is 12.8. The lowest BCUT2D eigenvalue weighted by Crippen LogP contribution is -2.39. The van der Waals surface area contributed by atoms with Crippen LogP contribution in [0.2, 0.25) is 0 Å². The summed E-state index contributed by atoms with van der Waals surface area (Å²) in [5.41, 5.74) is 13.2.